The lowest BCUT2D eigenvalue weighted by molar-refractivity contribution is -0.136. The largest absolute Gasteiger partial charge is 0.418 e. The number of hydrogen-bond donors (Lipinski definition) is 0. The molecular weight excluding hydrogens is 235 g/mol. The van der Waals surface area contributed by atoms with E-state index in [1.54, 1.807) is 0 Å². The summed E-state index contributed by atoms with van der Waals surface area (Å²) in [6.07, 6.45) is -3.49. The minimum absolute atomic E-state index is 0.203. The van der Waals surface area contributed by atoms with E-state index in [0.29, 0.717) is 0 Å². The predicted molar refractivity (Wildman–Crippen MR) is 55.4 cm³/mol. The topological polar surface area (TPSA) is 43.1 Å². The molecule has 1 aromatic heterocycles. The Morgan fingerprint density at radius 2 is 2.06 bits per heavy atom. The van der Waals surface area contributed by atoms with E-state index in [1.165, 1.54) is 6.07 Å². The summed E-state index contributed by atoms with van der Waals surface area (Å²) in [5.74, 6) is -0.237. The Bertz CT molecular complexity index is 643. The summed E-state index contributed by atoms with van der Waals surface area (Å²) in [5, 5.41) is -0.203. The maximum atomic E-state index is 12.7. The van der Waals surface area contributed by atoms with E-state index >= 15 is 0 Å². The highest BCUT2D eigenvalue weighted by Gasteiger charge is 2.33. The second-order valence-corrected chi connectivity index (χ2v) is 3.24. The second-order valence-electron chi connectivity index (χ2n) is 3.24. The summed E-state index contributed by atoms with van der Waals surface area (Å²) in [6.45, 7) is 3.29. The molecule has 0 aliphatic carbocycles. The van der Waals surface area contributed by atoms with Crippen LogP contribution < -0.4 is 5.63 Å². The van der Waals surface area contributed by atoms with Crippen molar-refractivity contribution in [1.82, 2.24) is 4.98 Å². The Balaban J connectivity index is 2.93. The molecular formula is C11H6F3NO2. The van der Waals surface area contributed by atoms with Crippen LogP contribution in [0.3, 0.4) is 0 Å². The van der Waals surface area contributed by atoms with E-state index < -0.39 is 22.9 Å². The first-order chi connectivity index (χ1) is 7.93. The number of aromatic nitrogens is 1. The first-order valence-electron chi connectivity index (χ1n) is 4.57. The molecule has 2 aromatic rings. The monoisotopic (exact) mass is 241 g/mol. The molecule has 3 nitrogen and oxygen atoms in total. The zero-order valence-corrected chi connectivity index (χ0v) is 8.41. The fraction of sp³-hybridized carbons (Fsp3) is 0.0909. The van der Waals surface area contributed by atoms with Crippen LogP contribution in [-0.4, -0.2) is 4.98 Å². The molecule has 0 saturated carbocycles. The molecule has 0 saturated heterocycles. The SMILES string of the molecule is C=Cc1nc2c(C(F)(F)F)cccc2c(=O)o1. The average molecular weight is 241 g/mol. The number of halogens is 3. The van der Waals surface area contributed by atoms with Crippen LogP contribution in [0.4, 0.5) is 13.2 Å². The Labute approximate surface area is 93.2 Å². The predicted octanol–water partition coefficient (Wildman–Crippen LogP) is 2.85. The second kappa shape index (κ2) is 3.73. The third kappa shape index (κ3) is 1.93. The third-order valence-corrected chi connectivity index (χ3v) is 2.16. The van der Waals surface area contributed by atoms with Crippen molar-refractivity contribution in [1.29, 1.82) is 0 Å². The van der Waals surface area contributed by atoms with Crippen molar-refractivity contribution in [3.8, 4) is 0 Å². The van der Waals surface area contributed by atoms with Gasteiger partial charge < -0.3 is 4.42 Å². The van der Waals surface area contributed by atoms with Crippen LogP contribution in [0.2, 0.25) is 0 Å². The Morgan fingerprint density at radius 1 is 1.35 bits per heavy atom. The summed E-state index contributed by atoms with van der Waals surface area (Å²) in [4.78, 5) is 15.0. The summed E-state index contributed by atoms with van der Waals surface area (Å²) < 4.78 is 42.7. The standard InChI is InChI=1S/C11H6F3NO2/c1-2-8-15-9-6(10(16)17-8)4-3-5-7(9)11(12,13)14/h2-5H,1H2. The van der Waals surface area contributed by atoms with Crippen LogP contribution in [0.5, 0.6) is 0 Å². The maximum Gasteiger partial charge on any atom is 0.418 e. The smallest absolute Gasteiger partial charge is 0.404 e. The fourth-order valence-electron chi connectivity index (χ4n) is 1.43. The molecule has 0 fully saturated rings. The van der Waals surface area contributed by atoms with Crippen molar-refractivity contribution < 1.29 is 17.6 Å². The first-order valence-corrected chi connectivity index (χ1v) is 4.57. The zero-order chi connectivity index (χ0) is 12.6. The zero-order valence-electron chi connectivity index (χ0n) is 8.41. The summed E-state index contributed by atoms with van der Waals surface area (Å²) in [5.41, 5.74) is -2.26. The van der Waals surface area contributed by atoms with E-state index in [2.05, 4.69) is 16.0 Å². The van der Waals surface area contributed by atoms with Crippen LogP contribution >= 0.6 is 0 Å². The maximum absolute atomic E-state index is 12.7. The van der Waals surface area contributed by atoms with Gasteiger partial charge in [0.25, 0.3) is 0 Å². The van der Waals surface area contributed by atoms with Gasteiger partial charge in [0, 0.05) is 0 Å². The van der Waals surface area contributed by atoms with Crippen molar-refractivity contribution in [2.45, 2.75) is 6.18 Å². The molecule has 6 heteroatoms. The lowest BCUT2D eigenvalue weighted by Gasteiger charge is -2.08. The van der Waals surface area contributed by atoms with E-state index in [9.17, 15) is 18.0 Å². The van der Waals surface area contributed by atoms with Crippen LogP contribution in [0, 0.1) is 0 Å². The van der Waals surface area contributed by atoms with Gasteiger partial charge in [0.1, 0.15) is 0 Å². The Morgan fingerprint density at radius 3 is 2.65 bits per heavy atom. The Kier molecular flexibility index (Phi) is 2.49. The third-order valence-electron chi connectivity index (χ3n) is 2.16. The van der Waals surface area contributed by atoms with Crippen molar-refractivity contribution >= 4 is 17.0 Å². The van der Waals surface area contributed by atoms with Gasteiger partial charge in [0.15, 0.2) is 0 Å². The lowest BCUT2D eigenvalue weighted by atomic mass is 10.1. The highest BCUT2D eigenvalue weighted by Crippen LogP contribution is 2.33. The molecule has 0 amide bonds. The Hall–Kier alpha value is -2.11. The van der Waals surface area contributed by atoms with Gasteiger partial charge in [0.05, 0.1) is 16.5 Å². The van der Waals surface area contributed by atoms with Gasteiger partial charge in [-0.05, 0) is 18.2 Å². The number of para-hydroxylation sites is 1. The number of nitrogens with zero attached hydrogens (tertiary/aromatic N) is 1. The van der Waals surface area contributed by atoms with Gasteiger partial charge in [-0.1, -0.05) is 12.6 Å². The van der Waals surface area contributed by atoms with E-state index in [1.807, 2.05) is 0 Å². The van der Waals surface area contributed by atoms with Crippen molar-refractivity contribution in [3.63, 3.8) is 0 Å². The molecule has 17 heavy (non-hydrogen) atoms. The molecule has 0 spiro atoms. The molecule has 0 bridgehead atoms. The molecule has 1 heterocycles. The van der Waals surface area contributed by atoms with Crippen molar-refractivity contribution in [2.24, 2.45) is 0 Å². The van der Waals surface area contributed by atoms with Gasteiger partial charge in [-0.3, -0.25) is 0 Å². The van der Waals surface area contributed by atoms with E-state index in [0.717, 1.165) is 18.2 Å². The number of rotatable bonds is 1. The van der Waals surface area contributed by atoms with Crippen LogP contribution in [0.1, 0.15) is 11.5 Å². The summed E-state index contributed by atoms with van der Waals surface area (Å²) in [6, 6.07) is 3.23. The molecule has 0 radical (unpaired) electrons. The van der Waals surface area contributed by atoms with Gasteiger partial charge in [-0.15, -0.1) is 0 Å². The lowest BCUT2D eigenvalue weighted by Crippen LogP contribution is -2.10. The first kappa shape index (κ1) is 11.4. The molecule has 0 N–H and O–H groups in total. The van der Waals surface area contributed by atoms with Crippen LogP contribution in [-0.2, 0) is 6.18 Å². The summed E-state index contributed by atoms with van der Waals surface area (Å²) >= 11 is 0. The highest BCUT2D eigenvalue weighted by molar-refractivity contribution is 5.81. The normalized spacial score (nSPS) is 11.7. The van der Waals surface area contributed by atoms with Gasteiger partial charge in [-0.2, -0.15) is 13.2 Å². The highest BCUT2D eigenvalue weighted by atomic mass is 19.4. The number of fused-ring (bicyclic) bond motifs is 1. The molecule has 0 aliphatic heterocycles. The molecule has 88 valence electrons. The van der Waals surface area contributed by atoms with E-state index in [-0.39, 0.29) is 11.3 Å². The van der Waals surface area contributed by atoms with E-state index in [4.69, 9.17) is 0 Å². The van der Waals surface area contributed by atoms with Gasteiger partial charge in [-0.25, -0.2) is 9.78 Å². The molecule has 0 atom stereocenters. The number of hydrogen-bond acceptors (Lipinski definition) is 3. The quantitative estimate of drug-likeness (QED) is 0.771. The van der Waals surface area contributed by atoms with Crippen molar-refractivity contribution in [3.05, 3.63) is 46.7 Å². The fourth-order valence-corrected chi connectivity index (χ4v) is 1.43. The minimum Gasteiger partial charge on any atom is -0.404 e. The molecule has 0 unspecified atom stereocenters. The molecule has 0 aliphatic rings. The average Bonchev–Trinajstić information content (AvgIpc) is 2.26. The van der Waals surface area contributed by atoms with Gasteiger partial charge >= 0.3 is 11.8 Å². The number of alkyl halides is 3. The minimum atomic E-state index is -4.57. The van der Waals surface area contributed by atoms with Crippen LogP contribution in [0.15, 0.2) is 34.0 Å². The molecule has 1 aromatic carbocycles. The summed E-state index contributed by atoms with van der Waals surface area (Å²) in [7, 11) is 0. The van der Waals surface area contributed by atoms with Crippen molar-refractivity contribution in [2.75, 3.05) is 0 Å². The van der Waals surface area contributed by atoms with Crippen LogP contribution in [0.25, 0.3) is 17.0 Å². The molecule has 2 rings (SSSR count). The van der Waals surface area contributed by atoms with Gasteiger partial charge in [0.2, 0.25) is 5.89 Å². The number of benzene rings is 1.